The molecule has 16 heavy (non-hydrogen) atoms. The van der Waals surface area contributed by atoms with Crippen molar-refractivity contribution in [3.8, 4) is 0 Å². The summed E-state index contributed by atoms with van der Waals surface area (Å²) in [7, 11) is 0. The summed E-state index contributed by atoms with van der Waals surface area (Å²) in [6.07, 6.45) is 0.551. The number of aliphatic hydroxyl groups excluding tert-OH is 1. The fraction of sp³-hybridized carbons (Fsp3) is 0.692. The molecule has 1 heterocycles. The minimum atomic E-state index is -0.222. The normalized spacial score (nSPS) is 24.4. The van der Waals surface area contributed by atoms with Crippen molar-refractivity contribution in [1.29, 1.82) is 0 Å². The zero-order chi connectivity index (χ0) is 12.1. The van der Waals surface area contributed by atoms with Gasteiger partial charge in [-0.1, -0.05) is 27.7 Å². The van der Waals surface area contributed by atoms with E-state index >= 15 is 0 Å². The van der Waals surface area contributed by atoms with Crippen LogP contribution in [0.3, 0.4) is 0 Å². The van der Waals surface area contributed by atoms with Crippen molar-refractivity contribution in [2.24, 2.45) is 16.7 Å². The molecule has 1 fully saturated rings. The Morgan fingerprint density at radius 2 is 1.94 bits per heavy atom. The van der Waals surface area contributed by atoms with Crippen LogP contribution in [0.1, 0.15) is 32.6 Å². The van der Waals surface area contributed by atoms with Gasteiger partial charge in [-0.05, 0) is 44.1 Å². The first kappa shape index (κ1) is 12.6. The summed E-state index contributed by atoms with van der Waals surface area (Å²) < 4.78 is 1.13. The standard InChI is InChI=1S/C13H19BrOS/c1-12(2)11(13(12,3)4)9(15)7-10-8(14)5-6-16-10/h5-6,9,11,15H,7H2,1-4H3. The molecule has 0 saturated heterocycles. The molecule has 0 spiro atoms. The monoisotopic (exact) mass is 302 g/mol. The molecule has 3 heteroatoms. The van der Waals surface area contributed by atoms with Gasteiger partial charge in [-0.3, -0.25) is 0 Å². The first-order valence-corrected chi connectivity index (χ1v) is 7.35. The van der Waals surface area contributed by atoms with Crippen molar-refractivity contribution in [2.75, 3.05) is 0 Å². The van der Waals surface area contributed by atoms with Crippen molar-refractivity contribution in [3.05, 3.63) is 20.8 Å². The molecule has 1 aliphatic rings. The van der Waals surface area contributed by atoms with Gasteiger partial charge in [0.2, 0.25) is 0 Å². The number of hydrogen-bond acceptors (Lipinski definition) is 2. The van der Waals surface area contributed by atoms with E-state index in [1.54, 1.807) is 11.3 Å². The van der Waals surface area contributed by atoms with Gasteiger partial charge in [0.1, 0.15) is 0 Å². The van der Waals surface area contributed by atoms with Crippen LogP contribution in [0.25, 0.3) is 0 Å². The highest BCUT2D eigenvalue weighted by Crippen LogP contribution is 2.69. The second-order valence-corrected chi connectivity index (χ2v) is 7.74. The van der Waals surface area contributed by atoms with E-state index in [2.05, 4.69) is 55.1 Å². The van der Waals surface area contributed by atoms with Crippen molar-refractivity contribution in [3.63, 3.8) is 0 Å². The maximum absolute atomic E-state index is 10.3. The van der Waals surface area contributed by atoms with Crippen LogP contribution in [0.5, 0.6) is 0 Å². The van der Waals surface area contributed by atoms with Gasteiger partial charge in [-0.15, -0.1) is 11.3 Å². The second-order valence-electron chi connectivity index (χ2n) is 5.88. The first-order valence-electron chi connectivity index (χ1n) is 5.68. The van der Waals surface area contributed by atoms with Crippen molar-refractivity contribution in [2.45, 2.75) is 40.2 Å². The van der Waals surface area contributed by atoms with Crippen LogP contribution in [-0.4, -0.2) is 11.2 Å². The van der Waals surface area contributed by atoms with Gasteiger partial charge >= 0.3 is 0 Å². The van der Waals surface area contributed by atoms with Gasteiger partial charge < -0.3 is 5.11 Å². The van der Waals surface area contributed by atoms with Gasteiger partial charge in [0, 0.05) is 15.8 Å². The highest BCUT2D eigenvalue weighted by Gasteiger charge is 2.66. The Balaban J connectivity index is 2.07. The summed E-state index contributed by atoms with van der Waals surface area (Å²) in [6.45, 7) is 9.02. The van der Waals surface area contributed by atoms with Crippen molar-refractivity contribution < 1.29 is 5.11 Å². The Morgan fingerprint density at radius 1 is 1.38 bits per heavy atom. The zero-order valence-electron chi connectivity index (χ0n) is 10.2. The van der Waals surface area contributed by atoms with Crippen LogP contribution in [0, 0.1) is 16.7 Å². The van der Waals surface area contributed by atoms with Gasteiger partial charge in [-0.25, -0.2) is 0 Å². The van der Waals surface area contributed by atoms with E-state index in [1.807, 2.05) is 0 Å². The fourth-order valence-corrected chi connectivity index (χ4v) is 4.55. The summed E-state index contributed by atoms with van der Waals surface area (Å²) in [6, 6.07) is 2.05. The molecule has 1 unspecified atom stereocenters. The summed E-state index contributed by atoms with van der Waals surface area (Å²) in [4.78, 5) is 1.26. The molecule has 2 rings (SSSR count). The van der Waals surface area contributed by atoms with Crippen LogP contribution in [-0.2, 0) is 6.42 Å². The molecule has 0 aromatic carbocycles. The Bertz CT molecular complexity index is 380. The summed E-state index contributed by atoms with van der Waals surface area (Å²) >= 11 is 5.24. The van der Waals surface area contributed by atoms with Crippen LogP contribution in [0.2, 0.25) is 0 Å². The van der Waals surface area contributed by atoms with Crippen molar-refractivity contribution in [1.82, 2.24) is 0 Å². The Morgan fingerprint density at radius 3 is 2.31 bits per heavy atom. The number of thiophene rings is 1. The fourth-order valence-electron chi connectivity index (χ4n) is 2.99. The maximum atomic E-state index is 10.3. The highest BCUT2D eigenvalue weighted by atomic mass is 79.9. The van der Waals surface area contributed by atoms with Gasteiger partial charge in [0.25, 0.3) is 0 Å². The van der Waals surface area contributed by atoms with E-state index in [1.165, 1.54) is 4.88 Å². The Kier molecular flexibility index (Phi) is 3.01. The van der Waals surface area contributed by atoms with Crippen molar-refractivity contribution >= 4 is 27.3 Å². The van der Waals surface area contributed by atoms with E-state index in [0.717, 1.165) is 10.9 Å². The molecule has 1 aromatic heterocycles. The summed E-state index contributed by atoms with van der Waals surface area (Å²) in [5.74, 6) is 0.411. The quantitative estimate of drug-likeness (QED) is 0.891. The molecule has 0 radical (unpaired) electrons. The predicted molar refractivity (Wildman–Crippen MR) is 72.8 cm³/mol. The van der Waals surface area contributed by atoms with Gasteiger partial charge in [0.05, 0.1) is 6.10 Å². The third-order valence-electron chi connectivity index (χ3n) is 4.60. The zero-order valence-corrected chi connectivity index (χ0v) is 12.7. The van der Waals surface area contributed by atoms with Gasteiger partial charge in [-0.2, -0.15) is 0 Å². The predicted octanol–water partition coefficient (Wildman–Crippen LogP) is 4.10. The number of aliphatic hydroxyl groups is 1. The number of halogens is 1. The van der Waals surface area contributed by atoms with E-state index in [9.17, 15) is 5.11 Å². The molecule has 1 aromatic rings. The molecule has 1 N–H and O–H groups in total. The molecular formula is C13H19BrOS. The highest BCUT2D eigenvalue weighted by molar-refractivity contribution is 9.10. The van der Waals surface area contributed by atoms with Gasteiger partial charge in [0.15, 0.2) is 0 Å². The minimum absolute atomic E-state index is 0.222. The summed E-state index contributed by atoms with van der Waals surface area (Å²) in [5.41, 5.74) is 0.520. The van der Waals surface area contributed by atoms with E-state index in [4.69, 9.17) is 0 Å². The molecular weight excluding hydrogens is 284 g/mol. The number of hydrogen-bond donors (Lipinski definition) is 1. The lowest BCUT2D eigenvalue weighted by atomic mass is 10.0. The van der Waals surface area contributed by atoms with Crippen LogP contribution >= 0.6 is 27.3 Å². The van der Waals surface area contributed by atoms with Crippen LogP contribution < -0.4 is 0 Å². The number of rotatable bonds is 3. The molecule has 1 aliphatic carbocycles. The maximum Gasteiger partial charge on any atom is 0.0627 e. The average Bonchev–Trinajstić information content (AvgIpc) is 2.44. The van der Waals surface area contributed by atoms with E-state index in [-0.39, 0.29) is 16.9 Å². The molecule has 0 amide bonds. The molecule has 90 valence electrons. The Hall–Kier alpha value is 0.140. The topological polar surface area (TPSA) is 20.2 Å². The minimum Gasteiger partial charge on any atom is -0.392 e. The molecule has 1 saturated carbocycles. The lowest BCUT2D eigenvalue weighted by molar-refractivity contribution is 0.130. The lowest BCUT2D eigenvalue weighted by Crippen LogP contribution is -2.17. The smallest absolute Gasteiger partial charge is 0.0627 e. The summed E-state index contributed by atoms with van der Waals surface area (Å²) in [5, 5.41) is 12.4. The third kappa shape index (κ3) is 1.77. The third-order valence-corrected chi connectivity index (χ3v) is 6.55. The van der Waals surface area contributed by atoms with E-state index < -0.39 is 0 Å². The lowest BCUT2D eigenvalue weighted by Gasteiger charge is -2.11. The Labute approximate surface area is 110 Å². The molecule has 1 atom stereocenters. The van der Waals surface area contributed by atoms with E-state index in [0.29, 0.717) is 5.92 Å². The molecule has 0 bridgehead atoms. The largest absolute Gasteiger partial charge is 0.392 e. The first-order chi connectivity index (χ1) is 7.28. The second kappa shape index (κ2) is 3.82. The molecule has 0 aliphatic heterocycles. The van der Waals surface area contributed by atoms with Crippen LogP contribution in [0.4, 0.5) is 0 Å². The average molecular weight is 303 g/mol. The van der Waals surface area contributed by atoms with Crippen LogP contribution in [0.15, 0.2) is 15.9 Å². The SMILES string of the molecule is CC1(C)C(C(O)Cc2sccc2Br)C1(C)C. The molecule has 1 nitrogen and oxygen atoms in total.